The number of nitrogens with one attached hydrogen (secondary N) is 1. The molecule has 0 spiro atoms. The standard InChI is InChI=1S/C16H25N3O2/c1-12(15(20)18-17)14-5-3-13(4-6-14)11-19-9-7-16(2,21)8-10-19/h3-6,12,21H,7-11,17H2,1-2H3,(H,18,20). The Hall–Kier alpha value is -1.43. The Morgan fingerprint density at radius 2 is 1.95 bits per heavy atom. The molecule has 5 heteroatoms. The van der Waals surface area contributed by atoms with Crippen LogP contribution in [0.15, 0.2) is 24.3 Å². The van der Waals surface area contributed by atoms with Crippen molar-refractivity contribution in [2.45, 2.75) is 44.8 Å². The molecule has 1 aliphatic rings. The Morgan fingerprint density at radius 3 is 2.48 bits per heavy atom. The summed E-state index contributed by atoms with van der Waals surface area (Å²) in [4.78, 5) is 13.9. The van der Waals surface area contributed by atoms with Crippen LogP contribution in [-0.2, 0) is 11.3 Å². The lowest BCUT2D eigenvalue weighted by molar-refractivity contribution is -0.122. The van der Waals surface area contributed by atoms with Gasteiger partial charge in [0.1, 0.15) is 0 Å². The number of amides is 1. The summed E-state index contributed by atoms with van der Waals surface area (Å²) in [7, 11) is 0. The second-order valence-electron chi connectivity index (χ2n) is 6.24. The van der Waals surface area contributed by atoms with E-state index >= 15 is 0 Å². The monoisotopic (exact) mass is 291 g/mol. The van der Waals surface area contributed by atoms with E-state index < -0.39 is 5.60 Å². The van der Waals surface area contributed by atoms with Crippen LogP contribution in [0.25, 0.3) is 0 Å². The molecule has 0 bridgehead atoms. The molecular formula is C16H25N3O2. The van der Waals surface area contributed by atoms with Crippen LogP contribution >= 0.6 is 0 Å². The van der Waals surface area contributed by atoms with Gasteiger partial charge in [-0.1, -0.05) is 24.3 Å². The van der Waals surface area contributed by atoms with Gasteiger partial charge in [0.2, 0.25) is 5.91 Å². The molecule has 1 aromatic rings. The van der Waals surface area contributed by atoms with E-state index in [0.717, 1.165) is 38.0 Å². The minimum atomic E-state index is -0.509. The summed E-state index contributed by atoms with van der Waals surface area (Å²) < 4.78 is 0. The maximum Gasteiger partial charge on any atom is 0.241 e. The van der Waals surface area contributed by atoms with Crippen molar-refractivity contribution in [3.8, 4) is 0 Å². The van der Waals surface area contributed by atoms with Crippen molar-refractivity contribution in [3.63, 3.8) is 0 Å². The smallest absolute Gasteiger partial charge is 0.241 e. The molecule has 1 amide bonds. The van der Waals surface area contributed by atoms with Crippen molar-refractivity contribution in [1.29, 1.82) is 0 Å². The first-order valence-electron chi connectivity index (χ1n) is 7.45. The van der Waals surface area contributed by atoms with E-state index in [9.17, 15) is 9.90 Å². The van der Waals surface area contributed by atoms with Gasteiger partial charge in [-0.05, 0) is 37.8 Å². The van der Waals surface area contributed by atoms with Gasteiger partial charge in [0, 0.05) is 19.6 Å². The van der Waals surface area contributed by atoms with Gasteiger partial charge in [-0.3, -0.25) is 15.1 Å². The maximum atomic E-state index is 11.5. The number of carbonyl (C=O) groups is 1. The van der Waals surface area contributed by atoms with Crippen molar-refractivity contribution in [2.75, 3.05) is 13.1 Å². The molecule has 1 atom stereocenters. The summed E-state index contributed by atoms with van der Waals surface area (Å²) in [6, 6.07) is 8.08. The molecule has 1 saturated heterocycles. The number of benzene rings is 1. The molecule has 5 nitrogen and oxygen atoms in total. The van der Waals surface area contributed by atoms with Crippen molar-refractivity contribution < 1.29 is 9.90 Å². The van der Waals surface area contributed by atoms with E-state index in [1.165, 1.54) is 5.56 Å². The van der Waals surface area contributed by atoms with E-state index in [2.05, 4.69) is 22.5 Å². The SMILES string of the molecule is CC(C(=O)NN)c1ccc(CN2CCC(C)(O)CC2)cc1. The van der Waals surface area contributed by atoms with Gasteiger partial charge < -0.3 is 5.11 Å². The van der Waals surface area contributed by atoms with Crippen LogP contribution in [0.5, 0.6) is 0 Å². The van der Waals surface area contributed by atoms with Crippen molar-refractivity contribution in [3.05, 3.63) is 35.4 Å². The lowest BCUT2D eigenvalue weighted by atomic mass is 9.93. The number of aliphatic hydroxyl groups is 1. The summed E-state index contributed by atoms with van der Waals surface area (Å²) >= 11 is 0. The zero-order valence-corrected chi connectivity index (χ0v) is 12.8. The highest BCUT2D eigenvalue weighted by Gasteiger charge is 2.27. The third-order valence-electron chi connectivity index (χ3n) is 4.35. The molecule has 4 N–H and O–H groups in total. The molecule has 1 fully saturated rings. The molecule has 2 rings (SSSR count). The molecule has 21 heavy (non-hydrogen) atoms. The van der Waals surface area contributed by atoms with Gasteiger partial charge in [-0.2, -0.15) is 0 Å². The van der Waals surface area contributed by atoms with Gasteiger partial charge in [0.05, 0.1) is 11.5 Å². The van der Waals surface area contributed by atoms with Crippen LogP contribution in [-0.4, -0.2) is 34.6 Å². The van der Waals surface area contributed by atoms with Gasteiger partial charge >= 0.3 is 0 Å². The summed E-state index contributed by atoms with van der Waals surface area (Å²) in [5, 5.41) is 9.96. The lowest BCUT2D eigenvalue weighted by Gasteiger charge is -2.35. The van der Waals surface area contributed by atoms with Crippen LogP contribution in [0.1, 0.15) is 43.7 Å². The molecular weight excluding hydrogens is 266 g/mol. The van der Waals surface area contributed by atoms with E-state index in [1.807, 2.05) is 26.0 Å². The fraction of sp³-hybridized carbons (Fsp3) is 0.562. The van der Waals surface area contributed by atoms with E-state index in [-0.39, 0.29) is 11.8 Å². The fourth-order valence-corrected chi connectivity index (χ4v) is 2.64. The largest absolute Gasteiger partial charge is 0.390 e. The predicted octanol–water partition coefficient (Wildman–Crippen LogP) is 1.13. The van der Waals surface area contributed by atoms with E-state index in [1.54, 1.807) is 0 Å². The van der Waals surface area contributed by atoms with Crippen LogP contribution in [0.4, 0.5) is 0 Å². The number of carbonyl (C=O) groups excluding carboxylic acids is 1. The van der Waals surface area contributed by atoms with Crippen molar-refractivity contribution in [1.82, 2.24) is 10.3 Å². The number of nitrogens with two attached hydrogens (primary N) is 1. The molecule has 0 radical (unpaired) electrons. The molecule has 1 aliphatic heterocycles. The summed E-state index contributed by atoms with van der Waals surface area (Å²) in [5.74, 6) is 4.74. The van der Waals surface area contributed by atoms with Gasteiger partial charge in [-0.25, -0.2) is 5.84 Å². The average molecular weight is 291 g/mol. The topological polar surface area (TPSA) is 78.6 Å². The first kappa shape index (κ1) is 15.9. The third kappa shape index (κ3) is 4.27. The Labute approximate surface area is 126 Å². The Bertz CT molecular complexity index is 475. The van der Waals surface area contributed by atoms with Crippen LogP contribution in [0.3, 0.4) is 0 Å². The molecule has 0 aliphatic carbocycles. The van der Waals surface area contributed by atoms with E-state index in [0.29, 0.717) is 0 Å². The Balaban J connectivity index is 1.92. The van der Waals surface area contributed by atoms with Gasteiger partial charge in [0.15, 0.2) is 0 Å². The second-order valence-corrected chi connectivity index (χ2v) is 6.24. The highest BCUT2D eigenvalue weighted by Crippen LogP contribution is 2.23. The number of rotatable bonds is 4. The molecule has 116 valence electrons. The Morgan fingerprint density at radius 1 is 1.38 bits per heavy atom. The van der Waals surface area contributed by atoms with Crippen molar-refractivity contribution in [2.24, 2.45) is 5.84 Å². The lowest BCUT2D eigenvalue weighted by Crippen LogP contribution is -2.41. The minimum absolute atomic E-state index is 0.180. The molecule has 0 aromatic heterocycles. The molecule has 1 unspecified atom stereocenters. The highest BCUT2D eigenvalue weighted by molar-refractivity contribution is 5.82. The predicted molar refractivity (Wildman–Crippen MR) is 82.3 cm³/mol. The highest BCUT2D eigenvalue weighted by atomic mass is 16.3. The minimum Gasteiger partial charge on any atom is -0.390 e. The maximum absolute atomic E-state index is 11.5. The van der Waals surface area contributed by atoms with Crippen LogP contribution < -0.4 is 11.3 Å². The average Bonchev–Trinajstić information content (AvgIpc) is 2.48. The first-order chi connectivity index (χ1) is 9.91. The molecule has 1 heterocycles. The number of likely N-dealkylation sites (tertiary alicyclic amines) is 1. The van der Waals surface area contributed by atoms with Crippen LogP contribution in [0, 0.1) is 0 Å². The number of piperidine rings is 1. The van der Waals surface area contributed by atoms with Crippen LogP contribution in [0.2, 0.25) is 0 Å². The number of hydrazine groups is 1. The number of hydrogen-bond acceptors (Lipinski definition) is 4. The van der Waals surface area contributed by atoms with Crippen molar-refractivity contribution >= 4 is 5.91 Å². The second kappa shape index (κ2) is 6.56. The number of hydrogen-bond donors (Lipinski definition) is 3. The molecule has 1 aromatic carbocycles. The third-order valence-corrected chi connectivity index (χ3v) is 4.35. The molecule has 0 saturated carbocycles. The zero-order valence-electron chi connectivity index (χ0n) is 12.8. The Kier molecular flexibility index (Phi) is 4.98. The fourth-order valence-electron chi connectivity index (χ4n) is 2.64. The summed E-state index contributed by atoms with van der Waals surface area (Å²) in [5.41, 5.74) is 3.86. The van der Waals surface area contributed by atoms with E-state index in [4.69, 9.17) is 5.84 Å². The van der Waals surface area contributed by atoms with Gasteiger partial charge in [-0.15, -0.1) is 0 Å². The summed E-state index contributed by atoms with van der Waals surface area (Å²) in [6.07, 6.45) is 1.64. The number of nitrogens with zero attached hydrogens (tertiary/aromatic N) is 1. The normalized spacial score (nSPS) is 20.0. The quantitative estimate of drug-likeness (QED) is 0.441. The summed E-state index contributed by atoms with van der Waals surface area (Å²) in [6.45, 7) is 6.46. The zero-order chi connectivity index (χ0) is 15.5. The first-order valence-corrected chi connectivity index (χ1v) is 7.45. The van der Waals surface area contributed by atoms with Gasteiger partial charge in [0.25, 0.3) is 0 Å².